The van der Waals surface area contributed by atoms with Gasteiger partial charge in [-0.25, -0.2) is 0 Å². The second-order valence-electron chi connectivity index (χ2n) is 3.65. The highest BCUT2D eigenvalue weighted by atomic mass is 16.5. The summed E-state index contributed by atoms with van der Waals surface area (Å²) in [6, 6.07) is 0.218. The second kappa shape index (κ2) is 5.21. The number of likely N-dealkylation sites (N-methyl/N-ethyl adjacent to an activating group) is 1. The summed E-state index contributed by atoms with van der Waals surface area (Å²) < 4.78 is 5.27. The Hall–Kier alpha value is -0.580. The molecule has 0 aromatic rings. The molecule has 0 aromatic heterocycles. The normalized spacial score (nSPS) is 19.5. The predicted octanol–water partition coefficient (Wildman–Crippen LogP) is 0.0742. The number of rotatable bonds is 4. The van der Waals surface area contributed by atoms with E-state index in [4.69, 9.17) is 10.6 Å². The summed E-state index contributed by atoms with van der Waals surface area (Å²) in [5.74, 6) is 5.48. The Bertz CT molecular complexity index is 180. The first kappa shape index (κ1) is 10.5. The maximum atomic E-state index is 5.48. The Kier molecular flexibility index (Phi) is 4.21. The SMILES string of the molecule is CN(C)CC(NN)C1=COCCC1. The van der Waals surface area contributed by atoms with Crippen LogP contribution in [0.25, 0.3) is 0 Å². The Morgan fingerprint density at radius 2 is 2.46 bits per heavy atom. The first-order valence-corrected chi connectivity index (χ1v) is 4.65. The summed E-state index contributed by atoms with van der Waals surface area (Å²) in [5, 5.41) is 0. The van der Waals surface area contributed by atoms with E-state index < -0.39 is 0 Å². The molecule has 76 valence electrons. The summed E-state index contributed by atoms with van der Waals surface area (Å²) in [6.07, 6.45) is 4.03. The zero-order valence-electron chi connectivity index (χ0n) is 8.42. The lowest BCUT2D eigenvalue weighted by molar-refractivity contribution is 0.215. The zero-order valence-corrected chi connectivity index (χ0v) is 8.42. The lowest BCUT2D eigenvalue weighted by atomic mass is 10.0. The molecule has 1 heterocycles. The fourth-order valence-electron chi connectivity index (χ4n) is 1.48. The largest absolute Gasteiger partial charge is 0.501 e. The van der Waals surface area contributed by atoms with Crippen LogP contribution < -0.4 is 11.3 Å². The van der Waals surface area contributed by atoms with Gasteiger partial charge in [0.15, 0.2) is 0 Å². The minimum atomic E-state index is 0.218. The quantitative estimate of drug-likeness (QED) is 0.481. The van der Waals surface area contributed by atoms with Crippen LogP contribution in [0.15, 0.2) is 11.8 Å². The second-order valence-corrected chi connectivity index (χ2v) is 3.65. The van der Waals surface area contributed by atoms with Crippen molar-refractivity contribution in [1.29, 1.82) is 0 Å². The van der Waals surface area contributed by atoms with E-state index in [9.17, 15) is 0 Å². The summed E-state index contributed by atoms with van der Waals surface area (Å²) >= 11 is 0. The Morgan fingerprint density at radius 1 is 1.69 bits per heavy atom. The molecule has 0 fully saturated rings. The maximum Gasteiger partial charge on any atom is 0.0876 e. The van der Waals surface area contributed by atoms with E-state index in [0.29, 0.717) is 0 Å². The summed E-state index contributed by atoms with van der Waals surface area (Å²) in [4.78, 5) is 2.11. The van der Waals surface area contributed by atoms with E-state index in [1.807, 2.05) is 20.4 Å². The molecular weight excluding hydrogens is 166 g/mol. The third kappa shape index (κ3) is 3.34. The van der Waals surface area contributed by atoms with E-state index in [1.165, 1.54) is 5.57 Å². The minimum Gasteiger partial charge on any atom is -0.501 e. The summed E-state index contributed by atoms with van der Waals surface area (Å²) in [7, 11) is 4.07. The Labute approximate surface area is 79.7 Å². The van der Waals surface area contributed by atoms with Gasteiger partial charge in [0.1, 0.15) is 0 Å². The molecule has 4 nitrogen and oxygen atoms in total. The minimum absolute atomic E-state index is 0.218. The highest BCUT2D eigenvalue weighted by molar-refractivity contribution is 5.10. The third-order valence-corrected chi connectivity index (χ3v) is 2.16. The van der Waals surface area contributed by atoms with E-state index in [1.54, 1.807) is 0 Å². The van der Waals surface area contributed by atoms with Crippen molar-refractivity contribution in [2.75, 3.05) is 27.2 Å². The number of nitrogens with one attached hydrogen (secondary N) is 1. The van der Waals surface area contributed by atoms with Crippen molar-refractivity contribution >= 4 is 0 Å². The first-order chi connectivity index (χ1) is 6.24. The van der Waals surface area contributed by atoms with Crippen LogP contribution in [0, 0.1) is 0 Å². The van der Waals surface area contributed by atoms with Crippen LogP contribution in [0.1, 0.15) is 12.8 Å². The van der Waals surface area contributed by atoms with Crippen molar-refractivity contribution < 1.29 is 4.74 Å². The van der Waals surface area contributed by atoms with Crippen LogP contribution >= 0.6 is 0 Å². The highest BCUT2D eigenvalue weighted by Gasteiger charge is 2.16. The van der Waals surface area contributed by atoms with E-state index >= 15 is 0 Å². The Morgan fingerprint density at radius 3 is 2.92 bits per heavy atom. The van der Waals surface area contributed by atoms with E-state index in [-0.39, 0.29) is 6.04 Å². The third-order valence-electron chi connectivity index (χ3n) is 2.16. The van der Waals surface area contributed by atoms with Crippen LogP contribution in [-0.2, 0) is 4.74 Å². The van der Waals surface area contributed by atoms with Gasteiger partial charge in [0.25, 0.3) is 0 Å². The molecule has 13 heavy (non-hydrogen) atoms. The van der Waals surface area contributed by atoms with Crippen molar-refractivity contribution in [3.8, 4) is 0 Å². The first-order valence-electron chi connectivity index (χ1n) is 4.65. The van der Waals surface area contributed by atoms with Crippen molar-refractivity contribution in [2.24, 2.45) is 5.84 Å². The van der Waals surface area contributed by atoms with Gasteiger partial charge in [-0.3, -0.25) is 11.3 Å². The molecule has 0 spiro atoms. The topological polar surface area (TPSA) is 50.5 Å². The number of hydrazine groups is 1. The van der Waals surface area contributed by atoms with Gasteiger partial charge in [0.05, 0.1) is 18.9 Å². The number of hydrogen-bond acceptors (Lipinski definition) is 4. The molecule has 1 aliphatic heterocycles. The van der Waals surface area contributed by atoms with Crippen molar-refractivity contribution in [3.63, 3.8) is 0 Å². The molecule has 1 atom stereocenters. The van der Waals surface area contributed by atoms with E-state index in [2.05, 4.69) is 10.3 Å². The lowest BCUT2D eigenvalue weighted by Gasteiger charge is -2.25. The highest BCUT2D eigenvalue weighted by Crippen LogP contribution is 2.15. The molecule has 0 saturated heterocycles. The molecule has 3 N–H and O–H groups in total. The van der Waals surface area contributed by atoms with Gasteiger partial charge in [0, 0.05) is 6.54 Å². The van der Waals surface area contributed by atoms with Crippen LogP contribution in [-0.4, -0.2) is 38.2 Å². The van der Waals surface area contributed by atoms with E-state index in [0.717, 1.165) is 26.0 Å². The van der Waals surface area contributed by atoms with Crippen LogP contribution in [0.2, 0.25) is 0 Å². The maximum absolute atomic E-state index is 5.48. The van der Waals surface area contributed by atoms with Gasteiger partial charge in [-0.2, -0.15) is 0 Å². The zero-order chi connectivity index (χ0) is 9.68. The standard InChI is InChI=1S/C9H19N3O/c1-12(2)6-9(11-10)8-4-3-5-13-7-8/h7,9,11H,3-6,10H2,1-2H3. The van der Waals surface area contributed by atoms with Crippen molar-refractivity contribution in [2.45, 2.75) is 18.9 Å². The molecular formula is C9H19N3O. The number of nitrogens with zero attached hydrogens (tertiary/aromatic N) is 1. The number of hydrogen-bond donors (Lipinski definition) is 2. The monoisotopic (exact) mass is 185 g/mol. The molecule has 0 bridgehead atoms. The number of ether oxygens (including phenoxy) is 1. The molecule has 0 aromatic carbocycles. The summed E-state index contributed by atoms with van der Waals surface area (Å²) in [5.41, 5.74) is 4.08. The molecule has 0 aliphatic carbocycles. The van der Waals surface area contributed by atoms with Gasteiger partial charge >= 0.3 is 0 Å². The molecule has 4 heteroatoms. The fourth-order valence-corrected chi connectivity index (χ4v) is 1.48. The molecule has 0 radical (unpaired) electrons. The molecule has 1 rings (SSSR count). The number of nitrogens with two attached hydrogens (primary N) is 1. The van der Waals surface area contributed by atoms with Crippen molar-refractivity contribution in [1.82, 2.24) is 10.3 Å². The summed E-state index contributed by atoms with van der Waals surface area (Å²) in [6.45, 7) is 1.74. The van der Waals surface area contributed by atoms with Gasteiger partial charge in [-0.1, -0.05) is 0 Å². The average molecular weight is 185 g/mol. The van der Waals surface area contributed by atoms with Crippen molar-refractivity contribution in [3.05, 3.63) is 11.8 Å². The molecule has 0 amide bonds. The average Bonchev–Trinajstić information content (AvgIpc) is 2.15. The van der Waals surface area contributed by atoms with Gasteiger partial charge < -0.3 is 9.64 Å². The van der Waals surface area contributed by atoms with Gasteiger partial charge in [-0.05, 0) is 32.5 Å². The fraction of sp³-hybridized carbons (Fsp3) is 0.778. The van der Waals surface area contributed by atoms with Crippen LogP contribution in [0.5, 0.6) is 0 Å². The van der Waals surface area contributed by atoms with Gasteiger partial charge in [0.2, 0.25) is 0 Å². The van der Waals surface area contributed by atoms with Crippen LogP contribution in [0.3, 0.4) is 0 Å². The molecule has 0 saturated carbocycles. The van der Waals surface area contributed by atoms with Crippen LogP contribution in [0.4, 0.5) is 0 Å². The lowest BCUT2D eigenvalue weighted by Crippen LogP contribution is -2.44. The smallest absolute Gasteiger partial charge is 0.0876 e. The Balaban J connectivity index is 2.49. The molecule has 1 aliphatic rings. The van der Waals surface area contributed by atoms with Gasteiger partial charge in [-0.15, -0.1) is 0 Å². The predicted molar refractivity (Wildman–Crippen MR) is 52.9 cm³/mol. The molecule has 1 unspecified atom stereocenters.